The average molecular weight is 320 g/mol. The van der Waals surface area contributed by atoms with Crippen molar-refractivity contribution in [2.45, 2.75) is 13.3 Å². The minimum atomic E-state index is -0.595. The fourth-order valence-corrected chi connectivity index (χ4v) is 2.25. The fraction of sp³-hybridized carbons (Fsp3) is 0.438. The van der Waals surface area contributed by atoms with Crippen molar-refractivity contribution in [3.05, 3.63) is 29.8 Å². The number of esters is 1. The highest BCUT2D eigenvalue weighted by atomic mass is 16.5. The van der Waals surface area contributed by atoms with Gasteiger partial charge in [-0.3, -0.25) is 14.4 Å². The van der Waals surface area contributed by atoms with Crippen LogP contribution in [0.1, 0.15) is 23.7 Å². The van der Waals surface area contributed by atoms with E-state index in [4.69, 9.17) is 9.47 Å². The summed E-state index contributed by atoms with van der Waals surface area (Å²) in [6.45, 7) is 3.93. The van der Waals surface area contributed by atoms with Crippen LogP contribution in [0.15, 0.2) is 24.3 Å². The van der Waals surface area contributed by atoms with Crippen LogP contribution in [0, 0.1) is 0 Å². The number of para-hydroxylation sites is 1. The van der Waals surface area contributed by atoms with Crippen LogP contribution in [0.5, 0.6) is 0 Å². The summed E-state index contributed by atoms with van der Waals surface area (Å²) in [4.78, 5) is 37.5. The Labute approximate surface area is 134 Å². The zero-order chi connectivity index (χ0) is 16.7. The maximum atomic E-state index is 12.6. The van der Waals surface area contributed by atoms with Gasteiger partial charge in [-0.15, -0.1) is 0 Å². The SMILES string of the molecule is CCOC(=O)CC(=O)Nc1ccccc1C(=O)N1CCOCC1. The molecule has 7 nitrogen and oxygen atoms in total. The van der Waals surface area contributed by atoms with Gasteiger partial charge in [0.2, 0.25) is 5.91 Å². The van der Waals surface area contributed by atoms with Crippen molar-refractivity contribution < 1.29 is 23.9 Å². The summed E-state index contributed by atoms with van der Waals surface area (Å²) in [5.41, 5.74) is 0.782. The molecule has 0 aliphatic carbocycles. The second-order valence-corrected chi connectivity index (χ2v) is 4.98. The average Bonchev–Trinajstić information content (AvgIpc) is 2.55. The van der Waals surface area contributed by atoms with Crippen LogP contribution in [0.2, 0.25) is 0 Å². The molecule has 1 aromatic rings. The Morgan fingerprint density at radius 3 is 2.61 bits per heavy atom. The van der Waals surface area contributed by atoms with Crippen molar-refractivity contribution in [3.63, 3.8) is 0 Å². The largest absolute Gasteiger partial charge is 0.466 e. The first-order valence-corrected chi connectivity index (χ1v) is 7.53. The van der Waals surface area contributed by atoms with Crippen molar-refractivity contribution in [1.29, 1.82) is 0 Å². The van der Waals surface area contributed by atoms with E-state index in [9.17, 15) is 14.4 Å². The number of nitrogens with zero attached hydrogens (tertiary/aromatic N) is 1. The highest BCUT2D eigenvalue weighted by molar-refractivity contribution is 6.07. The first kappa shape index (κ1) is 17.0. The molecule has 0 atom stereocenters. The number of ether oxygens (including phenoxy) is 2. The molecular formula is C16H20N2O5. The van der Waals surface area contributed by atoms with Gasteiger partial charge >= 0.3 is 5.97 Å². The van der Waals surface area contributed by atoms with E-state index in [-0.39, 0.29) is 18.9 Å². The molecule has 0 saturated carbocycles. The molecule has 0 unspecified atom stereocenters. The van der Waals surface area contributed by atoms with Crippen LogP contribution in [0.3, 0.4) is 0 Å². The minimum absolute atomic E-state index is 0.166. The van der Waals surface area contributed by atoms with Gasteiger partial charge in [0.15, 0.2) is 0 Å². The van der Waals surface area contributed by atoms with Crippen molar-refractivity contribution in [2.24, 2.45) is 0 Å². The maximum Gasteiger partial charge on any atom is 0.315 e. The van der Waals surface area contributed by atoms with E-state index in [1.807, 2.05) is 0 Å². The van der Waals surface area contributed by atoms with Crippen LogP contribution in [-0.2, 0) is 19.1 Å². The first-order chi connectivity index (χ1) is 11.1. The van der Waals surface area contributed by atoms with Crippen LogP contribution < -0.4 is 5.32 Å². The maximum absolute atomic E-state index is 12.6. The van der Waals surface area contributed by atoms with Crippen LogP contribution >= 0.6 is 0 Å². The van der Waals surface area contributed by atoms with Crippen LogP contribution in [0.25, 0.3) is 0 Å². The number of benzene rings is 1. The van der Waals surface area contributed by atoms with E-state index in [1.165, 1.54) is 0 Å². The molecule has 0 bridgehead atoms. The lowest BCUT2D eigenvalue weighted by Gasteiger charge is -2.27. The van der Waals surface area contributed by atoms with E-state index < -0.39 is 11.9 Å². The van der Waals surface area contributed by atoms with E-state index >= 15 is 0 Å². The lowest BCUT2D eigenvalue weighted by molar-refractivity contribution is -0.145. The van der Waals surface area contributed by atoms with Crippen molar-refractivity contribution in [2.75, 3.05) is 38.2 Å². The molecule has 124 valence electrons. The summed E-state index contributed by atoms with van der Waals surface area (Å²) in [5, 5.41) is 2.60. The van der Waals surface area contributed by atoms with Gasteiger partial charge in [0.1, 0.15) is 6.42 Å². The number of anilines is 1. The molecule has 1 heterocycles. The summed E-state index contributed by atoms with van der Waals surface area (Å²) in [6, 6.07) is 6.74. The molecule has 23 heavy (non-hydrogen) atoms. The van der Waals surface area contributed by atoms with Crippen molar-refractivity contribution >= 4 is 23.5 Å². The Hall–Kier alpha value is -2.41. The van der Waals surface area contributed by atoms with Gasteiger partial charge in [0.25, 0.3) is 5.91 Å². The third-order valence-electron chi connectivity index (χ3n) is 3.34. The second-order valence-electron chi connectivity index (χ2n) is 4.98. The predicted molar refractivity (Wildman–Crippen MR) is 83.0 cm³/mol. The molecule has 1 fully saturated rings. The quantitative estimate of drug-likeness (QED) is 0.647. The van der Waals surface area contributed by atoms with Crippen LogP contribution in [-0.4, -0.2) is 55.6 Å². The van der Waals surface area contributed by atoms with Gasteiger partial charge in [-0.2, -0.15) is 0 Å². The molecule has 1 aromatic carbocycles. The standard InChI is InChI=1S/C16H20N2O5/c1-2-23-15(20)11-14(19)17-13-6-4-3-5-12(13)16(21)18-7-9-22-10-8-18/h3-6H,2,7-11H2,1H3,(H,17,19). The predicted octanol–water partition coefficient (Wildman–Crippen LogP) is 1.05. The highest BCUT2D eigenvalue weighted by Crippen LogP contribution is 2.18. The molecular weight excluding hydrogens is 300 g/mol. The molecule has 1 aliphatic rings. The van der Waals surface area contributed by atoms with Gasteiger partial charge < -0.3 is 19.7 Å². The molecule has 0 spiro atoms. The Morgan fingerprint density at radius 1 is 1.22 bits per heavy atom. The number of morpholine rings is 1. The molecule has 1 saturated heterocycles. The van der Waals surface area contributed by atoms with Gasteiger partial charge in [0.05, 0.1) is 31.1 Å². The number of hydrogen-bond donors (Lipinski definition) is 1. The van der Waals surface area contributed by atoms with E-state index in [0.29, 0.717) is 37.6 Å². The third-order valence-corrected chi connectivity index (χ3v) is 3.34. The Balaban J connectivity index is 2.06. The number of rotatable bonds is 5. The summed E-state index contributed by atoms with van der Waals surface area (Å²) < 4.78 is 9.97. The molecule has 2 rings (SSSR count). The highest BCUT2D eigenvalue weighted by Gasteiger charge is 2.22. The van der Waals surface area contributed by atoms with Gasteiger partial charge in [-0.1, -0.05) is 12.1 Å². The van der Waals surface area contributed by atoms with Crippen molar-refractivity contribution in [1.82, 2.24) is 4.90 Å². The van der Waals surface area contributed by atoms with Crippen LogP contribution in [0.4, 0.5) is 5.69 Å². The molecule has 2 amide bonds. The van der Waals surface area contributed by atoms with E-state index in [0.717, 1.165) is 0 Å². The first-order valence-electron chi connectivity index (χ1n) is 7.53. The molecule has 0 radical (unpaired) electrons. The minimum Gasteiger partial charge on any atom is -0.466 e. The number of amides is 2. The smallest absolute Gasteiger partial charge is 0.315 e. The number of nitrogens with one attached hydrogen (secondary N) is 1. The molecule has 0 aromatic heterocycles. The van der Waals surface area contributed by atoms with E-state index in [2.05, 4.69) is 5.32 Å². The molecule has 7 heteroatoms. The summed E-state index contributed by atoms with van der Waals surface area (Å²) in [6.07, 6.45) is -0.381. The Morgan fingerprint density at radius 2 is 1.91 bits per heavy atom. The summed E-state index contributed by atoms with van der Waals surface area (Å²) in [7, 11) is 0. The second kappa shape index (κ2) is 8.28. The Kier molecular flexibility index (Phi) is 6.10. The topological polar surface area (TPSA) is 84.9 Å². The molecule has 1 aliphatic heterocycles. The number of carbonyl (C=O) groups excluding carboxylic acids is 3. The normalized spacial score (nSPS) is 14.2. The number of hydrogen-bond acceptors (Lipinski definition) is 5. The zero-order valence-corrected chi connectivity index (χ0v) is 13.0. The third kappa shape index (κ3) is 4.79. The summed E-state index contributed by atoms with van der Waals surface area (Å²) in [5.74, 6) is -1.27. The zero-order valence-electron chi connectivity index (χ0n) is 13.0. The Bertz CT molecular complexity index is 582. The monoisotopic (exact) mass is 320 g/mol. The van der Waals surface area contributed by atoms with Gasteiger partial charge in [-0.25, -0.2) is 0 Å². The van der Waals surface area contributed by atoms with Gasteiger partial charge in [-0.05, 0) is 19.1 Å². The van der Waals surface area contributed by atoms with Crippen molar-refractivity contribution in [3.8, 4) is 0 Å². The number of carbonyl (C=O) groups is 3. The fourth-order valence-electron chi connectivity index (χ4n) is 2.25. The lowest BCUT2D eigenvalue weighted by Crippen LogP contribution is -2.41. The van der Waals surface area contributed by atoms with E-state index in [1.54, 1.807) is 36.1 Å². The lowest BCUT2D eigenvalue weighted by atomic mass is 10.1. The molecule has 1 N–H and O–H groups in total. The van der Waals surface area contributed by atoms with Gasteiger partial charge in [0, 0.05) is 13.1 Å². The summed E-state index contributed by atoms with van der Waals surface area (Å²) >= 11 is 0.